The lowest BCUT2D eigenvalue weighted by molar-refractivity contribution is 0.0746. The molecule has 7 heteroatoms. The minimum Gasteiger partial charge on any atom is -0.493 e. The summed E-state index contributed by atoms with van der Waals surface area (Å²) in [6.07, 6.45) is 0. The van der Waals surface area contributed by atoms with Crippen molar-refractivity contribution < 1.29 is 23.0 Å². The van der Waals surface area contributed by atoms with Crippen molar-refractivity contribution in [3.63, 3.8) is 0 Å². The summed E-state index contributed by atoms with van der Waals surface area (Å²) < 4.78 is 37.4. The second-order valence-corrected chi connectivity index (χ2v) is 5.94. The molecule has 0 aromatic heterocycles. The molecule has 0 bridgehead atoms. The van der Waals surface area contributed by atoms with Crippen LogP contribution in [0.2, 0.25) is 0 Å². The molecule has 1 aliphatic rings. The number of rotatable bonds is 4. The highest BCUT2D eigenvalue weighted by atomic mass is 19.1. The second kappa shape index (κ2) is 7.59. The third-order valence-electron chi connectivity index (χ3n) is 4.45. The summed E-state index contributed by atoms with van der Waals surface area (Å²) in [6.45, 7) is 1.84. The normalized spacial score (nSPS) is 14.3. The van der Waals surface area contributed by atoms with E-state index in [1.54, 1.807) is 23.1 Å². The molecule has 0 N–H and O–H groups in total. The molecule has 138 valence electrons. The minimum atomic E-state index is -0.603. The SMILES string of the molecule is COc1ccc(C(=O)N2CCN(c3ccc(F)cc3F)CC2)cc1OC. The van der Waals surface area contributed by atoms with E-state index in [0.717, 1.165) is 6.07 Å². The Kier molecular flexibility index (Phi) is 5.25. The Morgan fingerprint density at radius 3 is 2.23 bits per heavy atom. The average Bonchev–Trinajstić information content (AvgIpc) is 2.67. The Bertz CT molecular complexity index is 805. The van der Waals surface area contributed by atoms with E-state index in [4.69, 9.17) is 9.47 Å². The molecule has 1 fully saturated rings. The summed E-state index contributed by atoms with van der Waals surface area (Å²) in [5.41, 5.74) is 0.855. The number of halogens is 2. The maximum Gasteiger partial charge on any atom is 0.254 e. The maximum absolute atomic E-state index is 13.9. The third-order valence-corrected chi connectivity index (χ3v) is 4.45. The topological polar surface area (TPSA) is 42.0 Å². The molecule has 3 rings (SSSR count). The first-order valence-electron chi connectivity index (χ1n) is 8.25. The van der Waals surface area contributed by atoms with Crippen molar-refractivity contribution in [2.24, 2.45) is 0 Å². The number of benzene rings is 2. The van der Waals surface area contributed by atoms with Gasteiger partial charge in [0, 0.05) is 37.8 Å². The summed E-state index contributed by atoms with van der Waals surface area (Å²) in [5.74, 6) is -0.269. The zero-order valence-corrected chi connectivity index (χ0v) is 14.7. The molecule has 1 heterocycles. The highest BCUT2D eigenvalue weighted by molar-refractivity contribution is 5.95. The molecule has 5 nitrogen and oxygen atoms in total. The van der Waals surface area contributed by atoms with Crippen molar-refractivity contribution in [2.45, 2.75) is 0 Å². The van der Waals surface area contributed by atoms with Gasteiger partial charge in [0.05, 0.1) is 19.9 Å². The predicted octanol–water partition coefficient (Wildman–Crippen LogP) is 2.94. The van der Waals surface area contributed by atoms with Gasteiger partial charge < -0.3 is 19.3 Å². The first-order chi connectivity index (χ1) is 12.5. The predicted molar refractivity (Wildman–Crippen MR) is 94.0 cm³/mol. The molecule has 0 aliphatic carbocycles. The van der Waals surface area contributed by atoms with Crippen LogP contribution < -0.4 is 14.4 Å². The number of hydrogen-bond acceptors (Lipinski definition) is 4. The highest BCUT2D eigenvalue weighted by Crippen LogP contribution is 2.28. The fourth-order valence-electron chi connectivity index (χ4n) is 3.04. The Balaban J connectivity index is 1.68. The first kappa shape index (κ1) is 18.0. The maximum atomic E-state index is 13.9. The molecule has 0 radical (unpaired) electrons. The van der Waals surface area contributed by atoms with Gasteiger partial charge >= 0.3 is 0 Å². The van der Waals surface area contributed by atoms with E-state index < -0.39 is 11.6 Å². The van der Waals surface area contributed by atoms with Crippen molar-refractivity contribution in [3.05, 3.63) is 53.6 Å². The Morgan fingerprint density at radius 1 is 0.923 bits per heavy atom. The lowest BCUT2D eigenvalue weighted by atomic mass is 10.1. The van der Waals surface area contributed by atoms with Crippen LogP contribution in [0.1, 0.15) is 10.4 Å². The zero-order valence-electron chi connectivity index (χ0n) is 14.7. The number of nitrogens with zero attached hydrogens (tertiary/aromatic N) is 2. The van der Waals surface area contributed by atoms with Crippen molar-refractivity contribution in [2.75, 3.05) is 45.3 Å². The first-order valence-corrected chi connectivity index (χ1v) is 8.25. The number of piperazine rings is 1. The van der Waals surface area contributed by atoms with Crippen LogP contribution in [0.5, 0.6) is 11.5 Å². The van der Waals surface area contributed by atoms with Crippen molar-refractivity contribution in [1.29, 1.82) is 0 Å². The van der Waals surface area contributed by atoms with Crippen molar-refractivity contribution in [3.8, 4) is 11.5 Å². The molecule has 1 amide bonds. The molecule has 2 aromatic rings. The number of ether oxygens (including phenoxy) is 2. The van der Waals surface area contributed by atoms with Crippen LogP contribution in [-0.2, 0) is 0 Å². The summed E-state index contributed by atoms with van der Waals surface area (Å²) in [7, 11) is 3.05. The van der Waals surface area contributed by atoms with Crippen LogP contribution >= 0.6 is 0 Å². The van der Waals surface area contributed by atoms with Gasteiger partial charge in [0.1, 0.15) is 11.6 Å². The van der Waals surface area contributed by atoms with E-state index in [1.165, 1.54) is 26.4 Å². The van der Waals surface area contributed by atoms with Crippen LogP contribution in [0.15, 0.2) is 36.4 Å². The summed E-state index contributed by atoms with van der Waals surface area (Å²) in [5, 5.41) is 0. The van der Waals surface area contributed by atoms with Gasteiger partial charge in [-0.3, -0.25) is 4.79 Å². The summed E-state index contributed by atoms with van der Waals surface area (Å²) in [4.78, 5) is 16.2. The van der Waals surface area contributed by atoms with Gasteiger partial charge in [0.15, 0.2) is 11.5 Å². The molecule has 0 saturated carbocycles. The average molecular weight is 362 g/mol. The summed E-state index contributed by atoms with van der Waals surface area (Å²) >= 11 is 0. The molecular weight excluding hydrogens is 342 g/mol. The molecule has 0 atom stereocenters. The summed E-state index contributed by atoms with van der Waals surface area (Å²) in [6, 6.07) is 8.56. The van der Waals surface area contributed by atoms with Crippen LogP contribution in [-0.4, -0.2) is 51.2 Å². The van der Waals surface area contributed by atoms with Crippen molar-refractivity contribution >= 4 is 11.6 Å². The monoisotopic (exact) mass is 362 g/mol. The number of carbonyl (C=O) groups excluding carboxylic acids is 1. The van der Waals surface area contributed by atoms with Crippen LogP contribution in [0, 0.1) is 11.6 Å². The van der Waals surface area contributed by atoms with Gasteiger partial charge in [-0.1, -0.05) is 0 Å². The van der Waals surface area contributed by atoms with Crippen LogP contribution in [0.4, 0.5) is 14.5 Å². The largest absolute Gasteiger partial charge is 0.493 e. The lowest BCUT2D eigenvalue weighted by Gasteiger charge is -2.36. The van der Waals surface area contributed by atoms with E-state index in [9.17, 15) is 13.6 Å². The molecule has 0 unspecified atom stereocenters. The van der Waals surface area contributed by atoms with E-state index in [1.807, 2.05) is 4.90 Å². The zero-order chi connectivity index (χ0) is 18.7. The number of hydrogen-bond donors (Lipinski definition) is 0. The van der Waals surface area contributed by atoms with E-state index in [0.29, 0.717) is 48.9 Å². The highest BCUT2D eigenvalue weighted by Gasteiger charge is 2.24. The van der Waals surface area contributed by atoms with Gasteiger partial charge in [-0.05, 0) is 30.3 Å². The Hall–Kier alpha value is -2.83. The smallest absolute Gasteiger partial charge is 0.254 e. The second-order valence-electron chi connectivity index (χ2n) is 5.94. The lowest BCUT2D eigenvalue weighted by Crippen LogP contribution is -2.49. The number of amides is 1. The number of methoxy groups -OCH3 is 2. The van der Waals surface area contributed by atoms with Gasteiger partial charge in [-0.15, -0.1) is 0 Å². The third kappa shape index (κ3) is 3.56. The quantitative estimate of drug-likeness (QED) is 0.839. The minimum absolute atomic E-state index is 0.120. The molecule has 1 aliphatic heterocycles. The Morgan fingerprint density at radius 2 is 1.62 bits per heavy atom. The molecule has 1 saturated heterocycles. The van der Waals surface area contributed by atoms with Crippen LogP contribution in [0.3, 0.4) is 0 Å². The number of carbonyl (C=O) groups is 1. The van der Waals surface area contributed by atoms with E-state index >= 15 is 0 Å². The number of anilines is 1. The Labute approximate surface area is 150 Å². The van der Waals surface area contributed by atoms with Gasteiger partial charge in [-0.2, -0.15) is 0 Å². The molecular formula is C19H20F2N2O3. The van der Waals surface area contributed by atoms with Crippen LogP contribution in [0.25, 0.3) is 0 Å². The van der Waals surface area contributed by atoms with Gasteiger partial charge in [-0.25, -0.2) is 8.78 Å². The molecule has 26 heavy (non-hydrogen) atoms. The molecule has 0 spiro atoms. The fourth-order valence-corrected chi connectivity index (χ4v) is 3.04. The van der Waals surface area contributed by atoms with Gasteiger partial charge in [0.25, 0.3) is 5.91 Å². The van der Waals surface area contributed by atoms with Crippen molar-refractivity contribution in [1.82, 2.24) is 4.90 Å². The van der Waals surface area contributed by atoms with E-state index in [-0.39, 0.29) is 5.91 Å². The standard InChI is InChI=1S/C19H20F2N2O3/c1-25-17-6-3-13(11-18(17)26-2)19(24)23-9-7-22(8-10-23)16-5-4-14(20)12-15(16)21/h3-6,11-12H,7-10H2,1-2H3. The van der Waals surface area contributed by atoms with Gasteiger partial charge in [0.2, 0.25) is 0 Å². The fraction of sp³-hybridized carbons (Fsp3) is 0.316. The molecule has 2 aromatic carbocycles. The van der Waals surface area contributed by atoms with E-state index in [2.05, 4.69) is 0 Å².